The number of alkyl halides is 3. The topological polar surface area (TPSA) is 92.8 Å². The molecule has 0 aliphatic carbocycles. The second-order valence-corrected chi connectivity index (χ2v) is 10.3. The van der Waals surface area contributed by atoms with Gasteiger partial charge in [-0.2, -0.15) is 18.3 Å². The van der Waals surface area contributed by atoms with Crippen LogP contribution >= 0.6 is 37.2 Å². The number of nitrogens with zero attached hydrogens (tertiary/aromatic N) is 7. The molecule has 6 rings (SSSR count). The van der Waals surface area contributed by atoms with E-state index in [4.69, 9.17) is 4.74 Å². The smallest absolute Gasteiger partial charge is 0.417 e. The Morgan fingerprint density at radius 2 is 1.76 bits per heavy atom. The molecule has 5 heterocycles. The van der Waals surface area contributed by atoms with Crippen molar-refractivity contribution in [3.05, 3.63) is 84.2 Å². The van der Waals surface area contributed by atoms with Gasteiger partial charge in [0.2, 0.25) is 0 Å². The Bertz CT molecular complexity index is 1720. The molecule has 5 aromatic rings. The van der Waals surface area contributed by atoms with Gasteiger partial charge >= 0.3 is 6.18 Å². The molecule has 1 saturated heterocycles. The molecule has 0 unspecified atom stereocenters. The van der Waals surface area contributed by atoms with E-state index in [9.17, 15) is 18.0 Å². The minimum absolute atomic E-state index is 0. The predicted octanol–water partition coefficient (Wildman–Crippen LogP) is 5.29. The molecule has 0 saturated carbocycles. The highest BCUT2D eigenvalue weighted by Gasteiger charge is 2.30. The molecule has 0 atom stereocenters. The second kappa shape index (κ2) is 15.1. The van der Waals surface area contributed by atoms with Crippen LogP contribution in [0.5, 0.6) is 5.75 Å². The van der Waals surface area contributed by atoms with Crippen LogP contribution in [0.3, 0.4) is 0 Å². The van der Waals surface area contributed by atoms with Gasteiger partial charge in [0.15, 0.2) is 0 Å². The fourth-order valence-electron chi connectivity index (χ4n) is 4.95. The number of carbonyl (C=O) groups excluding carboxylic acids is 1. The molecule has 1 N–H and O–H groups in total. The van der Waals surface area contributed by atoms with E-state index in [1.165, 1.54) is 12.3 Å². The number of likely N-dealkylation sites (N-methyl/N-ethyl adjacent to an activating group) is 1. The Balaban J connectivity index is 0.00000184. The third-order valence-electron chi connectivity index (χ3n) is 7.39. The number of nitrogens with one attached hydrogen (secondary N) is 1. The van der Waals surface area contributed by atoms with E-state index in [1.807, 2.05) is 12.1 Å². The van der Waals surface area contributed by atoms with Crippen LogP contribution in [0.1, 0.15) is 21.7 Å². The summed E-state index contributed by atoms with van der Waals surface area (Å²) < 4.78 is 47.9. The normalized spacial score (nSPS) is 14.0. The molecule has 1 amide bonds. The number of aromatic nitrogens is 5. The molecular formula is C29H32Cl3F3N8O2. The van der Waals surface area contributed by atoms with Crippen LogP contribution in [0, 0.1) is 0 Å². The lowest BCUT2D eigenvalue weighted by Gasteiger charge is -2.32. The average Bonchev–Trinajstić information content (AvgIpc) is 3.59. The van der Waals surface area contributed by atoms with Gasteiger partial charge < -0.3 is 15.0 Å². The van der Waals surface area contributed by atoms with Crippen LogP contribution < -0.4 is 10.1 Å². The van der Waals surface area contributed by atoms with Crippen molar-refractivity contribution in [2.45, 2.75) is 12.7 Å². The van der Waals surface area contributed by atoms with Crippen molar-refractivity contribution in [2.75, 3.05) is 51.7 Å². The number of carbonyl (C=O) groups is 1. The van der Waals surface area contributed by atoms with Gasteiger partial charge in [-0.3, -0.25) is 23.8 Å². The van der Waals surface area contributed by atoms with Crippen LogP contribution in [-0.2, 0) is 12.7 Å². The Morgan fingerprint density at radius 1 is 0.978 bits per heavy atom. The zero-order chi connectivity index (χ0) is 29.3. The molecule has 1 aromatic carbocycles. The number of hydrogen-bond acceptors (Lipinski definition) is 7. The van der Waals surface area contributed by atoms with Crippen molar-refractivity contribution in [2.24, 2.45) is 0 Å². The quantitative estimate of drug-likeness (QED) is 0.237. The van der Waals surface area contributed by atoms with E-state index in [2.05, 4.69) is 37.2 Å². The zero-order valence-electron chi connectivity index (χ0n) is 24.1. The fourth-order valence-corrected chi connectivity index (χ4v) is 4.95. The molecule has 0 radical (unpaired) electrons. The van der Waals surface area contributed by atoms with E-state index in [0.29, 0.717) is 46.0 Å². The molecular weight excluding hydrogens is 656 g/mol. The van der Waals surface area contributed by atoms with Crippen molar-refractivity contribution in [3.63, 3.8) is 0 Å². The van der Waals surface area contributed by atoms with Gasteiger partial charge in [-0.25, -0.2) is 4.98 Å². The lowest BCUT2D eigenvalue weighted by atomic mass is 10.2. The summed E-state index contributed by atoms with van der Waals surface area (Å²) in [5.74, 6) is 0.338. The Labute approximate surface area is 275 Å². The average molecular weight is 688 g/mol. The van der Waals surface area contributed by atoms with Gasteiger partial charge in [0, 0.05) is 56.6 Å². The number of rotatable bonds is 8. The summed E-state index contributed by atoms with van der Waals surface area (Å²) in [7, 11) is 2.13. The number of pyridine rings is 2. The SMILES string of the molecule is CN1CCN(CCOc2ccn3c(C(=O)Nc4cccc5c4cnn5Cc4ccc(C(F)(F)F)cn4)cnc3c2)CC1.Cl.Cl.Cl. The van der Waals surface area contributed by atoms with Gasteiger partial charge in [-0.15, -0.1) is 37.2 Å². The minimum Gasteiger partial charge on any atom is -0.492 e. The van der Waals surface area contributed by atoms with Gasteiger partial charge in [0.25, 0.3) is 5.91 Å². The van der Waals surface area contributed by atoms with Gasteiger partial charge in [0.05, 0.1) is 41.4 Å². The van der Waals surface area contributed by atoms with Gasteiger partial charge in [-0.1, -0.05) is 6.07 Å². The standard InChI is InChI=1S/C29H29F3N8O2.3ClH/c1-37-9-11-38(12-10-37)13-14-42-22-7-8-39-26(18-34-27(39)15-22)28(41)36-24-3-2-4-25-23(24)17-35-40(25)19-21-6-5-20(16-33-21)29(30,31)32;;;/h2-8,15-18H,9-14,19H2,1H3,(H,36,41);3*1H. The summed E-state index contributed by atoms with van der Waals surface area (Å²) in [6.07, 6.45) is 1.25. The van der Waals surface area contributed by atoms with Crippen LogP contribution in [0.2, 0.25) is 0 Å². The first-order chi connectivity index (χ1) is 20.2. The molecule has 0 spiro atoms. The first kappa shape index (κ1) is 35.9. The van der Waals surface area contributed by atoms with Crippen molar-refractivity contribution in [1.82, 2.24) is 33.9 Å². The molecule has 1 fully saturated rings. The van der Waals surface area contributed by atoms with Crippen LogP contribution in [0.15, 0.2) is 67.3 Å². The third-order valence-corrected chi connectivity index (χ3v) is 7.39. The van der Waals surface area contributed by atoms with Gasteiger partial charge in [-0.05, 0) is 37.4 Å². The first-order valence-corrected chi connectivity index (χ1v) is 13.5. The number of hydrogen-bond donors (Lipinski definition) is 1. The minimum atomic E-state index is -4.45. The Hall–Kier alpha value is -3.62. The van der Waals surface area contributed by atoms with E-state index >= 15 is 0 Å². The molecule has 16 heteroatoms. The molecule has 1 aliphatic heterocycles. The van der Waals surface area contributed by atoms with Crippen LogP contribution in [-0.4, -0.2) is 86.2 Å². The lowest BCUT2D eigenvalue weighted by Crippen LogP contribution is -2.45. The number of ether oxygens (including phenoxy) is 1. The molecule has 10 nitrogen and oxygen atoms in total. The molecule has 45 heavy (non-hydrogen) atoms. The number of fused-ring (bicyclic) bond motifs is 2. The van der Waals surface area contributed by atoms with Crippen molar-refractivity contribution >= 4 is 65.4 Å². The zero-order valence-corrected chi connectivity index (χ0v) is 26.6. The third kappa shape index (κ3) is 8.16. The predicted molar refractivity (Wildman–Crippen MR) is 172 cm³/mol. The van der Waals surface area contributed by atoms with E-state index < -0.39 is 11.7 Å². The number of amides is 1. The maximum absolute atomic E-state index is 13.3. The summed E-state index contributed by atoms with van der Waals surface area (Å²) >= 11 is 0. The summed E-state index contributed by atoms with van der Waals surface area (Å²) in [5.41, 5.74) is 1.81. The highest BCUT2D eigenvalue weighted by molar-refractivity contribution is 6.08. The first-order valence-electron chi connectivity index (χ1n) is 13.5. The number of anilines is 1. The van der Waals surface area contributed by atoms with Crippen molar-refractivity contribution in [3.8, 4) is 5.75 Å². The summed E-state index contributed by atoms with van der Waals surface area (Å²) in [4.78, 5) is 26.3. The number of benzene rings is 1. The van der Waals surface area contributed by atoms with E-state index in [0.717, 1.165) is 45.0 Å². The van der Waals surface area contributed by atoms with Crippen molar-refractivity contribution in [1.29, 1.82) is 0 Å². The maximum Gasteiger partial charge on any atom is 0.417 e. The summed E-state index contributed by atoms with van der Waals surface area (Å²) in [6, 6.07) is 11.3. The number of imidazole rings is 1. The summed E-state index contributed by atoms with van der Waals surface area (Å²) in [6.45, 7) is 5.77. The van der Waals surface area contributed by atoms with E-state index in [1.54, 1.807) is 39.7 Å². The largest absolute Gasteiger partial charge is 0.492 e. The number of halogens is 6. The highest BCUT2D eigenvalue weighted by Crippen LogP contribution is 2.29. The van der Waals surface area contributed by atoms with E-state index in [-0.39, 0.29) is 49.7 Å². The molecule has 4 aromatic heterocycles. The fraction of sp³-hybridized carbons (Fsp3) is 0.310. The molecule has 1 aliphatic rings. The van der Waals surface area contributed by atoms with Crippen molar-refractivity contribution < 1.29 is 22.7 Å². The Kier molecular flexibility index (Phi) is 12.0. The lowest BCUT2D eigenvalue weighted by molar-refractivity contribution is -0.137. The number of piperazine rings is 1. The second-order valence-electron chi connectivity index (χ2n) is 10.3. The van der Waals surface area contributed by atoms with Crippen LogP contribution in [0.25, 0.3) is 16.6 Å². The van der Waals surface area contributed by atoms with Crippen LogP contribution in [0.4, 0.5) is 18.9 Å². The highest BCUT2D eigenvalue weighted by atomic mass is 35.5. The molecule has 0 bridgehead atoms. The monoisotopic (exact) mass is 686 g/mol. The Morgan fingerprint density at radius 3 is 2.47 bits per heavy atom. The maximum atomic E-state index is 13.3. The molecule has 242 valence electrons. The van der Waals surface area contributed by atoms with Gasteiger partial charge in [0.1, 0.15) is 23.7 Å². The summed E-state index contributed by atoms with van der Waals surface area (Å²) in [5, 5.41) is 7.99.